The molecule has 7 aromatic rings. The van der Waals surface area contributed by atoms with E-state index in [1.165, 1.54) is 46.4 Å². The van der Waals surface area contributed by atoms with Crippen LogP contribution in [-0.4, -0.2) is 64.3 Å². The van der Waals surface area contributed by atoms with Crippen LogP contribution in [0.2, 0.25) is 0 Å². The van der Waals surface area contributed by atoms with E-state index in [9.17, 15) is 26.9 Å². The Morgan fingerprint density at radius 2 is 1.43 bits per heavy atom. The third-order valence-electron chi connectivity index (χ3n) is 10.7. The second kappa shape index (κ2) is 16.1. The summed E-state index contributed by atoms with van der Waals surface area (Å²) in [6, 6.07) is 32.4. The summed E-state index contributed by atoms with van der Waals surface area (Å²) in [6.45, 7) is 4.05. The highest BCUT2D eigenvalue weighted by Crippen LogP contribution is 2.33. The summed E-state index contributed by atoms with van der Waals surface area (Å²) in [5, 5.41) is 11.0. The number of nitrogen functional groups attached to an aromatic ring is 3. The van der Waals surface area contributed by atoms with E-state index in [-0.39, 0.29) is 32.6 Å². The molecule has 60 heavy (non-hydrogen) atoms. The molecule has 8 rings (SSSR count). The molecule has 0 radical (unpaired) electrons. The molecular weight excluding hydrogens is 801 g/mol. The summed E-state index contributed by atoms with van der Waals surface area (Å²) < 4.78 is 63.2. The first-order valence-electron chi connectivity index (χ1n) is 19.3. The largest absolute Gasteiger partial charge is 0.451 e. The minimum absolute atomic E-state index is 0.0591. The van der Waals surface area contributed by atoms with E-state index in [4.69, 9.17) is 21.6 Å². The number of hydrogen-bond donors (Lipinski definition) is 3. The van der Waals surface area contributed by atoms with Gasteiger partial charge in [-0.1, -0.05) is 18.2 Å². The number of benzene rings is 5. The molecule has 1 amide bonds. The molecule has 1 aliphatic heterocycles. The number of furan rings is 1. The monoisotopic (exact) mass is 842 g/mol. The average molecular weight is 843 g/mol. The van der Waals surface area contributed by atoms with Crippen molar-refractivity contribution in [1.82, 2.24) is 8.87 Å². The van der Waals surface area contributed by atoms with Crippen molar-refractivity contribution in [3.63, 3.8) is 0 Å². The molecule has 16 heteroatoms. The molecule has 14 nitrogen and oxygen atoms in total. The zero-order valence-electron chi connectivity index (χ0n) is 32.4. The van der Waals surface area contributed by atoms with Crippen LogP contribution in [-0.2, 0) is 26.5 Å². The fourth-order valence-corrected chi connectivity index (χ4v) is 10.5. The molecule has 3 heterocycles. The second-order valence-electron chi connectivity index (χ2n) is 14.7. The SMILES string of the molecule is N#Cc1ccc2c(c1)c(CCCCN1CCN(c3ccc4oc(C(=O)N(c5cccc(N)c5)S(=O)(=O)c5cccc(N)c5)cc4c3)CC1)cn2S(=O)(=O)c1cccc(N)c1. The Labute approximate surface area is 347 Å². The van der Waals surface area contributed by atoms with E-state index in [1.807, 2.05) is 12.1 Å². The van der Waals surface area contributed by atoms with Crippen molar-refractivity contribution in [2.24, 2.45) is 0 Å². The zero-order chi connectivity index (χ0) is 42.2. The van der Waals surface area contributed by atoms with Gasteiger partial charge in [-0.3, -0.25) is 9.69 Å². The van der Waals surface area contributed by atoms with Gasteiger partial charge in [0.25, 0.3) is 20.0 Å². The summed E-state index contributed by atoms with van der Waals surface area (Å²) in [7, 11) is -8.34. The third-order valence-corrected chi connectivity index (χ3v) is 14.1. The molecule has 0 atom stereocenters. The number of sulfonamides is 1. The Morgan fingerprint density at radius 1 is 0.750 bits per heavy atom. The predicted octanol–water partition coefficient (Wildman–Crippen LogP) is 6.42. The first kappa shape index (κ1) is 40.0. The minimum Gasteiger partial charge on any atom is -0.451 e. The van der Waals surface area contributed by atoms with Gasteiger partial charge < -0.3 is 26.5 Å². The molecule has 0 saturated carbocycles. The molecule has 2 aromatic heterocycles. The molecule has 0 spiro atoms. The molecule has 0 aliphatic carbocycles. The number of anilines is 5. The van der Waals surface area contributed by atoms with Crippen molar-refractivity contribution in [1.29, 1.82) is 5.26 Å². The third kappa shape index (κ3) is 7.85. The second-order valence-corrected chi connectivity index (χ2v) is 18.3. The van der Waals surface area contributed by atoms with Crippen LogP contribution in [0.15, 0.2) is 136 Å². The number of amides is 1. The lowest BCUT2D eigenvalue weighted by Gasteiger charge is -2.36. The van der Waals surface area contributed by atoms with Gasteiger partial charge in [-0.05, 0) is 128 Å². The summed E-state index contributed by atoms with van der Waals surface area (Å²) in [5.74, 6) is -1.03. The van der Waals surface area contributed by atoms with E-state index in [0.29, 0.717) is 38.5 Å². The lowest BCUT2D eigenvalue weighted by Crippen LogP contribution is -2.46. The number of aryl methyl sites for hydroxylation is 1. The van der Waals surface area contributed by atoms with Crippen LogP contribution in [0.1, 0.15) is 34.5 Å². The Balaban J connectivity index is 0.919. The molecule has 306 valence electrons. The number of rotatable bonds is 12. The van der Waals surface area contributed by atoms with Crippen LogP contribution in [0.5, 0.6) is 0 Å². The molecule has 1 aliphatic rings. The first-order chi connectivity index (χ1) is 28.8. The number of nitrogens with two attached hydrogens (primary N) is 3. The van der Waals surface area contributed by atoms with Crippen molar-refractivity contribution >= 4 is 76.3 Å². The van der Waals surface area contributed by atoms with Gasteiger partial charge in [-0.15, -0.1) is 0 Å². The lowest BCUT2D eigenvalue weighted by atomic mass is 10.1. The van der Waals surface area contributed by atoms with Crippen molar-refractivity contribution < 1.29 is 26.0 Å². The maximum Gasteiger partial charge on any atom is 0.308 e. The fourth-order valence-electron chi connectivity index (χ4n) is 7.63. The first-order valence-corrected chi connectivity index (χ1v) is 22.2. The van der Waals surface area contributed by atoms with E-state index in [2.05, 4.69) is 15.9 Å². The van der Waals surface area contributed by atoms with Crippen LogP contribution < -0.4 is 26.4 Å². The molecule has 5 aromatic carbocycles. The molecule has 0 unspecified atom stereocenters. The highest BCUT2D eigenvalue weighted by atomic mass is 32.2. The van der Waals surface area contributed by atoms with Gasteiger partial charge in [0.05, 0.1) is 32.6 Å². The number of unbranched alkanes of at least 4 members (excludes halogenated alkanes) is 1. The Hall–Kier alpha value is -6.80. The lowest BCUT2D eigenvalue weighted by molar-refractivity contribution is 0.0981. The maximum atomic E-state index is 14.1. The van der Waals surface area contributed by atoms with Crippen LogP contribution in [0.3, 0.4) is 0 Å². The van der Waals surface area contributed by atoms with Crippen molar-refractivity contribution in [2.75, 3.05) is 59.1 Å². The summed E-state index contributed by atoms with van der Waals surface area (Å²) in [6.07, 6.45) is 4.02. The minimum atomic E-state index is -4.42. The number of hydrogen-bond acceptors (Lipinski definition) is 12. The topological polar surface area (TPSA) is 215 Å². The highest BCUT2D eigenvalue weighted by molar-refractivity contribution is 7.93. The molecule has 6 N–H and O–H groups in total. The Morgan fingerprint density at radius 3 is 2.13 bits per heavy atom. The number of piperazine rings is 1. The number of carbonyl (C=O) groups is 1. The average Bonchev–Trinajstić information content (AvgIpc) is 3.84. The van der Waals surface area contributed by atoms with Crippen LogP contribution in [0.4, 0.5) is 28.4 Å². The van der Waals surface area contributed by atoms with Gasteiger partial charge >= 0.3 is 5.91 Å². The number of aromatic nitrogens is 1. The molecular formula is C44H42N8O6S2. The zero-order valence-corrected chi connectivity index (χ0v) is 34.1. The number of nitrogens with zero attached hydrogens (tertiary/aromatic N) is 5. The van der Waals surface area contributed by atoms with E-state index in [0.717, 1.165) is 62.2 Å². The fraction of sp³-hybridized carbons (Fsp3) is 0.182. The Kier molecular flexibility index (Phi) is 10.7. The van der Waals surface area contributed by atoms with Crippen molar-refractivity contribution in [3.05, 3.63) is 138 Å². The van der Waals surface area contributed by atoms with Crippen LogP contribution >= 0.6 is 0 Å². The van der Waals surface area contributed by atoms with Crippen molar-refractivity contribution in [2.45, 2.75) is 29.1 Å². The maximum absolute atomic E-state index is 14.1. The normalized spacial score (nSPS) is 13.8. The molecule has 1 saturated heterocycles. The predicted molar refractivity (Wildman–Crippen MR) is 234 cm³/mol. The van der Waals surface area contributed by atoms with E-state index in [1.54, 1.807) is 66.9 Å². The number of carbonyl (C=O) groups excluding carboxylic acids is 1. The van der Waals surface area contributed by atoms with Crippen LogP contribution in [0.25, 0.3) is 21.9 Å². The number of nitriles is 1. The van der Waals surface area contributed by atoms with E-state index >= 15 is 0 Å². The van der Waals surface area contributed by atoms with E-state index < -0.39 is 26.0 Å². The number of fused-ring (bicyclic) bond motifs is 2. The van der Waals surface area contributed by atoms with Gasteiger partial charge in [0.15, 0.2) is 5.76 Å². The summed E-state index contributed by atoms with van der Waals surface area (Å²) in [5.41, 5.74) is 21.9. The van der Waals surface area contributed by atoms with Gasteiger partial charge in [0.1, 0.15) is 5.58 Å². The van der Waals surface area contributed by atoms with Gasteiger partial charge in [-0.2, -0.15) is 9.57 Å². The standard InChI is InChI=1S/C44H42N8O6S2/c45-28-30-13-15-41-40(22-30)31(29-51(41)59(54,55)38-11-4-8-34(47)26-38)6-1-2-17-49-18-20-50(21-19-49)36-14-16-42-32(23-36)24-43(58-42)44(53)52(37-10-3-7-33(46)25-37)60(56,57)39-12-5-9-35(48)27-39/h3-5,7-16,22-27,29H,1-2,6,17-21,46-48H2. The molecule has 1 fully saturated rings. The van der Waals surface area contributed by atoms with Gasteiger partial charge in [-0.25, -0.2) is 20.8 Å². The smallest absolute Gasteiger partial charge is 0.308 e. The van der Waals surface area contributed by atoms with Crippen LogP contribution in [0, 0.1) is 11.3 Å². The molecule has 0 bridgehead atoms. The summed E-state index contributed by atoms with van der Waals surface area (Å²) >= 11 is 0. The van der Waals surface area contributed by atoms with Crippen molar-refractivity contribution in [3.8, 4) is 6.07 Å². The van der Waals surface area contributed by atoms with Gasteiger partial charge in [0.2, 0.25) is 0 Å². The van der Waals surface area contributed by atoms with Gasteiger partial charge in [0, 0.05) is 65.9 Å². The Bertz CT molecular complexity index is 3040. The quantitative estimate of drug-likeness (QED) is 0.0897. The highest BCUT2D eigenvalue weighted by Gasteiger charge is 2.34. The summed E-state index contributed by atoms with van der Waals surface area (Å²) in [4.78, 5) is 18.7.